The van der Waals surface area contributed by atoms with Crippen LogP contribution in [0.3, 0.4) is 0 Å². The van der Waals surface area contributed by atoms with Gasteiger partial charge in [0.2, 0.25) is 0 Å². The van der Waals surface area contributed by atoms with Gasteiger partial charge in [0.25, 0.3) is 0 Å². The number of carbonyl (C=O) groups is 1. The molecule has 0 aliphatic carbocycles. The van der Waals surface area contributed by atoms with Crippen LogP contribution in [0.15, 0.2) is 34.6 Å². The smallest absolute Gasteiger partial charge is 0.328 e. The van der Waals surface area contributed by atoms with Crippen molar-refractivity contribution < 1.29 is 9.90 Å². The van der Waals surface area contributed by atoms with Gasteiger partial charge >= 0.3 is 5.97 Å². The lowest BCUT2D eigenvalue weighted by Gasteiger charge is -2.02. The van der Waals surface area contributed by atoms with Crippen molar-refractivity contribution in [1.29, 1.82) is 0 Å². The fourth-order valence-electron chi connectivity index (χ4n) is 0.941. The number of benzene rings is 1. The zero-order chi connectivity index (χ0) is 10.6. The highest BCUT2D eigenvalue weighted by atomic mass is 32.2. The number of nitrogens with two attached hydrogens (primary N) is 1. The molecular weight excluding hydrogens is 198 g/mol. The van der Waals surface area contributed by atoms with Gasteiger partial charge in [-0.3, -0.25) is 0 Å². The van der Waals surface area contributed by atoms with E-state index in [2.05, 4.69) is 0 Å². The van der Waals surface area contributed by atoms with E-state index < -0.39 is 5.97 Å². The number of rotatable bonds is 3. The Bertz CT molecular complexity index is 374. The van der Waals surface area contributed by atoms with Crippen LogP contribution in [0.2, 0.25) is 0 Å². The third-order valence-corrected chi connectivity index (χ3v) is 2.47. The van der Waals surface area contributed by atoms with E-state index in [0.29, 0.717) is 5.69 Å². The summed E-state index contributed by atoms with van der Waals surface area (Å²) in [5.74, 6) is -0.955. The van der Waals surface area contributed by atoms with Crippen LogP contribution >= 0.6 is 11.8 Å². The molecule has 0 heterocycles. The third kappa shape index (κ3) is 3.14. The van der Waals surface area contributed by atoms with Crippen LogP contribution in [0.1, 0.15) is 5.56 Å². The summed E-state index contributed by atoms with van der Waals surface area (Å²) in [4.78, 5) is 11.1. The molecule has 0 saturated carbocycles. The van der Waals surface area contributed by atoms with Gasteiger partial charge in [-0.15, -0.1) is 0 Å². The van der Waals surface area contributed by atoms with Crippen LogP contribution in [0.25, 0.3) is 0 Å². The van der Waals surface area contributed by atoms with Crippen molar-refractivity contribution in [2.45, 2.75) is 11.8 Å². The van der Waals surface area contributed by atoms with E-state index in [1.807, 2.05) is 25.1 Å². The molecule has 0 aromatic heterocycles. The first-order chi connectivity index (χ1) is 6.59. The first-order valence-corrected chi connectivity index (χ1v) is 4.90. The number of hydrogen-bond acceptors (Lipinski definition) is 3. The van der Waals surface area contributed by atoms with Gasteiger partial charge in [-0.2, -0.15) is 0 Å². The first kappa shape index (κ1) is 10.7. The molecule has 0 atom stereocenters. The van der Waals surface area contributed by atoms with E-state index in [1.54, 1.807) is 0 Å². The van der Waals surface area contributed by atoms with Crippen LogP contribution in [0.5, 0.6) is 0 Å². The standard InChI is InChI=1S/C10H11NO2S/c1-7-2-3-9(8(11)6-7)14-5-4-10(12)13/h2-6H,11H2,1H3,(H,12,13). The minimum absolute atomic E-state index is 0.671. The summed E-state index contributed by atoms with van der Waals surface area (Å²) in [6.45, 7) is 1.96. The maximum atomic E-state index is 10.2. The van der Waals surface area contributed by atoms with Gasteiger partial charge in [-0.1, -0.05) is 17.8 Å². The molecule has 0 fully saturated rings. The lowest BCUT2D eigenvalue weighted by Crippen LogP contribution is -1.88. The van der Waals surface area contributed by atoms with Crippen LogP contribution < -0.4 is 5.73 Å². The molecule has 74 valence electrons. The Hall–Kier alpha value is -1.42. The van der Waals surface area contributed by atoms with Gasteiger partial charge in [-0.05, 0) is 30.0 Å². The third-order valence-electron chi connectivity index (χ3n) is 1.57. The number of anilines is 1. The van der Waals surface area contributed by atoms with Gasteiger partial charge in [-0.25, -0.2) is 4.79 Å². The maximum Gasteiger partial charge on any atom is 0.328 e. The molecule has 3 nitrogen and oxygen atoms in total. The van der Waals surface area contributed by atoms with Gasteiger partial charge < -0.3 is 10.8 Å². The predicted molar refractivity (Wildman–Crippen MR) is 58.2 cm³/mol. The summed E-state index contributed by atoms with van der Waals surface area (Å²) in [6, 6.07) is 5.67. The maximum absolute atomic E-state index is 10.2. The molecule has 1 aromatic rings. The lowest BCUT2D eigenvalue weighted by atomic mass is 10.2. The van der Waals surface area contributed by atoms with E-state index in [0.717, 1.165) is 16.5 Å². The average molecular weight is 209 g/mol. The molecule has 0 saturated heterocycles. The second-order valence-electron chi connectivity index (χ2n) is 2.80. The lowest BCUT2D eigenvalue weighted by molar-refractivity contribution is -0.131. The number of hydrogen-bond donors (Lipinski definition) is 2. The summed E-state index contributed by atoms with van der Waals surface area (Å²) < 4.78 is 0. The highest BCUT2D eigenvalue weighted by Gasteiger charge is 1.97. The quantitative estimate of drug-likeness (QED) is 0.455. The predicted octanol–water partition coefficient (Wildman–Crippen LogP) is 2.27. The summed E-state index contributed by atoms with van der Waals surface area (Å²) in [5, 5.41) is 9.88. The average Bonchev–Trinajstić information content (AvgIpc) is 2.08. The Labute approximate surface area is 86.6 Å². The molecule has 4 heteroatoms. The first-order valence-electron chi connectivity index (χ1n) is 4.02. The Morgan fingerprint density at radius 1 is 1.57 bits per heavy atom. The van der Waals surface area contributed by atoms with E-state index in [4.69, 9.17) is 10.8 Å². The summed E-state index contributed by atoms with van der Waals surface area (Å²) in [6.07, 6.45) is 1.09. The molecule has 3 N–H and O–H groups in total. The molecule has 0 aliphatic heterocycles. The number of carboxylic acids is 1. The molecule has 0 unspecified atom stereocenters. The summed E-state index contributed by atoms with van der Waals surface area (Å²) >= 11 is 1.30. The molecule has 1 aromatic carbocycles. The Balaban J connectivity index is 2.73. The van der Waals surface area contributed by atoms with Crippen molar-refractivity contribution in [3.05, 3.63) is 35.2 Å². The molecule has 0 radical (unpaired) electrons. The largest absolute Gasteiger partial charge is 0.478 e. The second-order valence-corrected chi connectivity index (χ2v) is 3.75. The molecule has 0 spiro atoms. The summed E-state index contributed by atoms with van der Waals surface area (Å²) in [7, 11) is 0. The topological polar surface area (TPSA) is 63.3 Å². The van der Waals surface area contributed by atoms with Crippen molar-refractivity contribution in [2.75, 3.05) is 5.73 Å². The number of nitrogen functional groups attached to an aromatic ring is 1. The molecule has 14 heavy (non-hydrogen) atoms. The highest BCUT2D eigenvalue weighted by molar-refractivity contribution is 8.02. The van der Waals surface area contributed by atoms with Gasteiger partial charge in [0, 0.05) is 16.7 Å². The van der Waals surface area contributed by atoms with E-state index in [1.165, 1.54) is 17.2 Å². The minimum atomic E-state index is -0.955. The minimum Gasteiger partial charge on any atom is -0.478 e. The number of aliphatic carboxylic acids is 1. The van der Waals surface area contributed by atoms with E-state index in [-0.39, 0.29) is 0 Å². The number of aryl methyl sites for hydroxylation is 1. The summed E-state index contributed by atoms with van der Waals surface area (Å²) in [5.41, 5.74) is 7.50. The monoisotopic (exact) mass is 209 g/mol. The van der Waals surface area contributed by atoms with Crippen molar-refractivity contribution in [2.24, 2.45) is 0 Å². The Morgan fingerprint density at radius 2 is 2.29 bits per heavy atom. The zero-order valence-electron chi connectivity index (χ0n) is 7.73. The van der Waals surface area contributed by atoms with Crippen molar-refractivity contribution in [1.82, 2.24) is 0 Å². The van der Waals surface area contributed by atoms with E-state index >= 15 is 0 Å². The normalized spacial score (nSPS) is 10.6. The molecule has 0 bridgehead atoms. The molecule has 1 rings (SSSR count). The Morgan fingerprint density at radius 3 is 2.86 bits per heavy atom. The second kappa shape index (κ2) is 4.72. The van der Waals surface area contributed by atoms with Crippen LogP contribution in [0, 0.1) is 6.92 Å². The number of thioether (sulfide) groups is 1. The van der Waals surface area contributed by atoms with E-state index in [9.17, 15) is 4.79 Å². The van der Waals surface area contributed by atoms with Gasteiger partial charge in [0.05, 0.1) is 0 Å². The molecular formula is C10H11NO2S. The highest BCUT2D eigenvalue weighted by Crippen LogP contribution is 2.26. The van der Waals surface area contributed by atoms with Gasteiger partial charge in [0.1, 0.15) is 0 Å². The van der Waals surface area contributed by atoms with Crippen molar-refractivity contribution in [3.63, 3.8) is 0 Å². The molecule has 0 aliphatic rings. The van der Waals surface area contributed by atoms with Crippen molar-refractivity contribution >= 4 is 23.4 Å². The Kier molecular flexibility index (Phi) is 3.59. The number of carboxylic acid groups (broad SMARTS) is 1. The zero-order valence-corrected chi connectivity index (χ0v) is 8.54. The fourth-order valence-corrected chi connectivity index (χ4v) is 1.61. The SMILES string of the molecule is Cc1ccc(SC=CC(=O)O)c(N)c1. The van der Waals surface area contributed by atoms with Crippen LogP contribution in [0.4, 0.5) is 5.69 Å². The molecule has 0 amide bonds. The van der Waals surface area contributed by atoms with Crippen LogP contribution in [-0.4, -0.2) is 11.1 Å². The van der Waals surface area contributed by atoms with Gasteiger partial charge in [0.15, 0.2) is 0 Å². The fraction of sp³-hybridized carbons (Fsp3) is 0.100. The van der Waals surface area contributed by atoms with Crippen molar-refractivity contribution in [3.8, 4) is 0 Å². The van der Waals surface area contributed by atoms with Crippen LogP contribution in [-0.2, 0) is 4.79 Å².